The van der Waals surface area contributed by atoms with Gasteiger partial charge < -0.3 is 19.9 Å². The van der Waals surface area contributed by atoms with E-state index in [-0.39, 0.29) is 24.6 Å². The van der Waals surface area contributed by atoms with Crippen molar-refractivity contribution >= 4 is 45.7 Å². The number of carbonyl (C=O) groups excluding carboxylic acids is 2. The van der Waals surface area contributed by atoms with Gasteiger partial charge in [0.25, 0.3) is 0 Å². The Morgan fingerprint density at radius 3 is 2.80 bits per heavy atom. The molecular formula is C19H23ClN6O3S. The lowest BCUT2D eigenvalue weighted by Gasteiger charge is -2.36. The summed E-state index contributed by atoms with van der Waals surface area (Å²) < 4.78 is 5.57. The summed E-state index contributed by atoms with van der Waals surface area (Å²) in [6, 6.07) is 7.42. The van der Waals surface area contributed by atoms with Gasteiger partial charge in [0.15, 0.2) is 0 Å². The third kappa shape index (κ3) is 5.18. The molecule has 2 aromatic rings. The molecule has 2 fully saturated rings. The zero-order valence-corrected chi connectivity index (χ0v) is 17.9. The zero-order valence-electron chi connectivity index (χ0n) is 16.3. The average molecular weight is 451 g/mol. The second kappa shape index (κ2) is 9.59. The van der Waals surface area contributed by atoms with Crippen molar-refractivity contribution in [3.8, 4) is 0 Å². The first-order valence-corrected chi connectivity index (χ1v) is 11.1. The molecule has 160 valence electrons. The fraction of sp³-hybridized carbons (Fsp3) is 0.474. The maximum absolute atomic E-state index is 12.4. The van der Waals surface area contributed by atoms with E-state index in [1.807, 2.05) is 24.3 Å². The van der Waals surface area contributed by atoms with Gasteiger partial charge in [0.2, 0.25) is 11.0 Å². The Hall–Kier alpha value is -2.43. The van der Waals surface area contributed by atoms with Crippen LogP contribution in [0.2, 0.25) is 5.02 Å². The Balaban J connectivity index is 1.20. The van der Waals surface area contributed by atoms with Gasteiger partial charge in [0.05, 0.1) is 6.54 Å². The monoisotopic (exact) mass is 450 g/mol. The number of carbonyl (C=O) groups is 2. The van der Waals surface area contributed by atoms with Crippen LogP contribution in [0.4, 0.5) is 15.6 Å². The van der Waals surface area contributed by atoms with E-state index < -0.39 is 0 Å². The van der Waals surface area contributed by atoms with Crippen molar-refractivity contribution in [2.45, 2.75) is 18.9 Å². The summed E-state index contributed by atoms with van der Waals surface area (Å²) in [6.45, 7) is 3.16. The molecule has 1 unspecified atom stereocenters. The molecule has 4 rings (SSSR count). The Labute approximate surface area is 183 Å². The van der Waals surface area contributed by atoms with Gasteiger partial charge in [0.1, 0.15) is 11.1 Å². The number of piperazine rings is 1. The van der Waals surface area contributed by atoms with Gasteiger partial charge in [-0.1, -0.05) is 29.0 Å². The third-order valence-corrected chi connectivity index (χ3v) is 6.20. The van der Waals surface area contributed by atoms with E-state index in [4.69, 9.17) is 16.3 Å². The SMILES string of the molecule is O=C(CNC(=O)N1CCN(c2cccc(Cl)c2)CC1)Nc1nnc(C2CCCO2)s1. The minimum absolute atomic E-state index is 0.0292. The lowest BCUT2D eigenvalue weighted by molar-refractivity contribution is -0.115. The highest BCUT2D eigenvalue weighted by molar-refractivity contribution is 7.15. The standard InChI is InChI=1S/C19H23ClN6O3S/c20-13-3-1-4-14(11-13)25-6-8-26(9-7-25)19(28)21-12-16(27)22-18-24-23-17(30-18)15-5-2-10-29-15/h1,3-4,11,15H,2,5-10,12H2,(H,21,28)(H,22,24,27). The number of rotatable bonds is 5. The molecule has 1 aromatic carbocycles. The highest BCUT2D eigenvalue weighted by Gasteiger charge is 2.23. The topological polar surface area (TPSA) is 99.7 Å². The predicted molar refractivity (Wildman–Crippen MR) is 115 cm³/mol. The Bertz CT molecular complexity index is 896. The molecule has 0 aliphatic carbocycles. The number of aromatic nitrogens is 2. The summed E-state index contributed by atoms with van der Waals surface area (Å²) >= 11 is 7.36. The number of nitrogens with zero attached hydrogens (tertiary/aromatic N) is 4. The normalized spacial score (nSPS) is 19.0. The minimum atomic E-state index is -0.337. The van der Waals surface area contributed by atoms with Crippen LogP contribution in [0.5, 0.6) is 0 Å². The highest BCUT2D eigenvalue weighted by atomic mass is 35.5. The van der Waals surface area contributed by atoms with Crippen LogP contribution < -0.4 is 15.5 Å². The van der Waals surface area contributed by atoms with Crippen LogP contribution in [-0.4, -0.2) is 66.4 Å². The van der Waals surface area contributed by atoms with Crippen LogP contribution in [0.3, 0.4) is 0 Å². The van der Waals surface area contributed by atoms with Crippen LogP contribution in [0.25, 0.3) is 0 Å². The summed E-state index contributed by atoms with van der Waals surface area (Å²) in [5.41, 5.74) is 1.04. The minimum Gasteiger partial charge on any atom is -0.371 e. The number of amides is 3. The Kier molecular flexibility index (Phi) is 6.66. The maximum atomic E-state index is 12.4. The third-order valence-electron chi connectivity index (χ3n) is 5.03. The number of ether oxygens (including phenoxy) is 1. The van der Waals surface area contributed by atoms with Crippen molar-refractivity contribution in [3.05, 3.63) is 34.3 Å². The van der Waals surface area contributed by atoms with E-state index in [0.29, 0.717) is 36.3 Å². The highest BCUT2D eigenvalue weighted by Crippen LogP contribution is 2.31. The molecular weight excluding hydrogens is 428 g/mol. The van der Waals surface area contributed by atoms with E-state index in [1.54, 1.807) is 4.90 Å². The number of nitrogens with one attached hydrogen (secondary N) is 2. The lowest BCUT2D eigenvalue weighted by atomic mass is 10.2. The zero-order chi connectivity index (χ0) is 20.9. The van der Waals surface area contributed by atoms with Crippen molar-refractivity contribution in [3.63, 3.8) is 0 Å². The lowest BCUT2D eigenvalue weighted by Crippen LogP contribution is -2.52. The number of anilines is 2. The number of hydrogen-bond acceptors (Lipinski definition) is 7. The van der Waals surface area contributed by atoms with E-state index in [1.165, 1.54) is 11.3 Å². The van der Waals surface area contributed by atoms with Gasteiger partial charge >= 0.3 is 6.03 Å². The molecule has 1 aromatic heterocycles. The first kappa shape index (κ1) is 20.8. The molecule has 0 radical (unpaired) electrons. The smallest absolute Gasteiger partial charge is 0.317 e. The quantitative estimate of drug-likeness (QED) is 0.726. The van der Waals surface area contributed by atoms with Gasteiger partial charge in [-0.25, -0.2) is 4.79 Å². The average Bonchev–Trinajstić information content (AvgIpc) is 3.44. The molecule has 0 saturated carbocycles. The van der Waals surface area contributed by atoms with Crippen LogP contribution in [-0.2, 0) is 9.53 Å². The van der Waals surface area contributed by atoms with Gasteiger partial charge in [-0.3, -0.25) is 10.1 Å². The molecule has 3 heterocycles. The molecule has 2 aliphatic heterocycles. The van der Waals surface area contributed by atoms with Crippen LogP contribution in [0.15, 0.2) is 24.3 Å². The maximum Gasteiger partial charge on any atom is 0.317 e. The van der Waals surface area contributed by atoms with Gasteiger partial charge in [0, 0.05) is 43.5 Å². The van der Waals surface area contributed by atoms with Crippen molar-refractivity contribution in [1.82, 2.24) is 20.4 Å². The first-order valence-electron chi connectivity index (χ1n) is 9.86. The van der Waals surface area contributed by atoms with Gasteiger partial charge in [-0.05, 0) is 31.0 Å². The largest absolute Gasteiger partial charge is 0.371 e. The van der Waals surface area contributed by atoms with Crippen molar-refractivity contribution in [2.24, 2.45) is 0 Å². The second-order valence-corrected chi connectivity index (χ2v) is 8.55. The van der Waals surface area contributed by atoms with Crippen LogP contribution in [0, 0.1) is 0 Å². The van der Waals surface area contributed by atoms with Crippen LogP contribution >= 0.6 is 22.9 Å². The molecule has 0 bridgehead atoms. The molecule has 9 nitrogen and oxygen atoms in total. The molecule has 2 aliphatic rings. The summed E-state index contributed by atoms with van der Waals surface area (Å²) in [5.74, 6) is -0.337. The van der Waals surface area contributed by atoms with E-state index in [9.17, 15) is 9.59 Å². The summed E-state index contributed by atoms with van der Waals surface area (Å²) in [7, 11) is 0. The Morgan fingerprint density at radius 1 is 1.23 bits per heavy atom. The first-order chi connectivity index (χ1) is 14.6. The van der Waals surface area contributed by atoms with E-state index >= 15 is 0 Å². The molecule has 1 atom stereocenters. The summed E-state index contributed by atoms with van der Waals surface area (Å²) in [4.78, 5) is 28.4. The second-order valence-electron chi connectivity index (χ2n) is 7.11. The fourth-order valence-corrected chi connectivity index (χ4v) is 4.49. The molecule has 2 N–H and O–H groups in total. The number of benzene rings is 1. The molecule has 0 spiro atoms. The van der Waals surface area contributed by atoms with Gasteiger partial charge in [-0.2, -0.15) is 0 Å². The fourth-order valence-electron chi connectivity index (χ4n) is 3.46. The molecule has 30 heavy (non-hydrogen) atoms. The molecule has 11 heteroatoms. The summed E-state index contributed by atoms with van der Waals surface area (Å²) in [6.07, 6.45) is 1.90. The molecule has 3 amide bonds. The Morgan fingerprint density at radius 2 is 2.07 bits per heavy atom. The van der Waals surface area contributed by atoms with Crippen molar-refractivity contribution in [1.29, 1.82) is 0 Å². The predicted octanol–water partition coefficient (Wildman–Crippen LogP) is 2.51. The summed E-state index contributed by atoms with van der Waals surface area (Å²) in [5, 5.41) is 15.3. The number of urea groups is 1. The van der Waals surface area contributed by atoms with Crippen molar-refractivity contribution < 1.29 is 14.3 Å². The number of halogens is 1. The van der Waals surface area contributed by atoms with Gasteiger partial charge in [-0.15, -0.1) is 10.2 Å². The van der Waals surface area contributed by atoms with E-state index in [2.05, 4.69) is 25.7 Å². The van der Waals surface area contributed by atoms with E-state index in [0.717, 1.165) is 30.1 Å². The molecule has 2 saturated heterocycles. The van der Waals surface area contributed by atoms with Crippen LogP contribution in [0.1, 0.15) is 24.0 Å². The number of hydrogen-bond donors (Lipinski definition) is 2. The van der Waals surface area contributed by atoms with Crippen molar-refractivity contribution in [2.75, 3.05) is 49.5 Å².